The van der Waals surface area contributed by atoms with Gasteiger partial charge in [0.15, 0.2) is 6.04 Å². The van der Waals surface area contributed by atoms with Crippen molar-refractivity contribution < 1.29 is 24.6 Å². The monoisotopic (exact) mass is 312 g/mol. The minimum absolute atomic E-state index is 0.0237. The van der Waals surface area contributed by atoms with E-state index in [4.69, 9.17) is 0 Å². The molecule has 124 valence electrons. The molecule has 0 aromatic carbocycles. The van der Waals surface area contributed by atoms with Crippen molar-refractivity contribution in [1.82, 2.24) is 9.80 Å². The molecule has 0 radical (unpaired) electrons. The maximum absolute atomic E-state index is 12.5. The molecule has 7 heteroatoms. The first-order chi connectivity index (χ1) is 10.2. The van der Waals surface area contributed by atoms with Crippen LogP contribution >= 0.6 is 0 Å². The van der Waals surface area contributed by atoms with E-state index in [1.165, 1.54) is 11.8 Å². The topological polar surface area (TPSA) is 98.2 Å². The van der Waals surface area contributed by atoms with Gasteiger partial charge in [-0.15, -0.1) is 0 Å². The lowest BCUT2D eigenvalue weighted by Gasteiger charge is -2.55. The van der Waals surface area contributed by atoms with E-state index in [1.807, 2.05) is 13.8 Å². The van der Waals surface area contributed by atoms with Crippen LogP contribution in [-0.4, -0.2) is 69.6 Å². The van der Waals surface area contributed by atoms with Crippen LogP contribution in [-0.2, 0) is 14.4 Å². The van der Waals surface area contributed by atoms with E-state index < -0.39 is 23.5 Å². The summed E-state index contributed by atoms with van der Waals surface area (Å²) in [6, 6.07) is -1.21. The predicted octanol–water partition coefficient (Wildman–Crippen LogP) is -0.0726. The Morgan fingerprint density at radius 1 is 1.23 bits per heavy atom. The number of piperidine rings is 1. The number of β-lactam (4-membered cyclic amide) rings is 1. The van der Waals surface area contributed by atoms with Gasteiger partial charge < -0.3 is 20.0 Å². The van der Waals surface area contributed by atoms with Gasteiger partial charge in [-0.25, -0.2) is 4.79 Å². The third kappa shape index (κ3) is 2.69. The van der Waals surface area contributed by atoms with E-state index in [9.17, 15) is 24.6 Å². The number of carboxylic acid groups (broad SMARTS) is 1. The van der Waals surface area contributed by atoms with Gasteiger partial charge in [0.2, 0.25) is 11.8 Å². The second-order valence-electron chi connectivity index (χ2n) is 6.76. The number of carbonyl (C=O) groups is 3. The summed E-state index contributed by atoms with van der Waals surface area (Å²) in [7, 11) is 0. The van der Waals surface area contributed by atoms with Crippen molar-refractivity contribution in [2.75, 3.05) is 19.6 Å². The summed E-state index contributed by atoms with van der Waals surface area (Å²) in [4.78, 5) is 38.8. The lowest BCUT2D eigenvalue weighted by atomic mass is 9.71. The Kier molecular flexibility index (Phi) is 4.47. The molecule has 1 unspecified atom stereocenters. The molecule has 0 saturated carbocycles. The normalized spacial score (nSPS) is 27.8. The Morgan fingerprint density at radius 2 is 1.86 bits per heavy atom. The molecule has 2 saturated heterocycles. The van der Waals surface area contributed by atoms with Crippen LogP contribution in [0.25, 0.3) is 0 Å². The fourth-order valence-electron chi connectivity index (χ4n) is 3.49. The van der Waals surface area contributed by atoms with Crippen molar-refractivity contribution in [1.29, 1.82) is 0 Å². The largest absolute Gasteiger partial charge is 0.480 e. The van der Waals surface area contributed by atoms with Crippen molar-refractivity contribution in [2.24, 2.45) is 11.3 Å². The minimum Gasteiger partial charge on any atom is -0.480 e. The molecule has 0 aromatic rings. The number of aliphatic hydroxyl groups excluding tert-OH is 1. The minimum atomic E-state index is -1.21. The Bertz CT molecular complexity index is 490. The highest BCUT2D eigenvalue weighted by Crippen LogP contribution is 2.42. The van der Waals surface area contributed by atoms with Crippen molar-refractivity contribution in [3.8, 4) is 0 Å². The Labute approximate surface area is 129 Å². The molecule has 2 heterocycles. The summed E-state index contributed by atoms with van der Waals surface area (Å²) in [5.74, 6) is -1.56. The quantitative estimate of drug-likeness (QED) is 0.708. The Hall–Kier alpha value is -1.63. The molecule has 3 atom stereocenters. The van der Waals surface area contributed by atoms with Gasteiger partial charge in [-0.1, -0.05) is 13.8 Å². The number of amides is 2. The molecular formula is C15H24N2O5. The third-order valence-corrected chi connectivity index (χ3v) is 4.62. The number of rotatable bonds is 4. The number of likely N-dealkylation sites (tertiary alicyclic amines) is 2. The molecule has 0 bridgehead atoms. The molecule has 2 amide bonds. The van der Waals surface area contributed by atoms with Crippen LogP contribution < -0.4 is 0 Å². The standard InChI is InChI=1S/C15H24N2O5/c1-9(2)12(19)16-6-4-5-15(7-16)8-17(14(15)22)11(10(3)18)13(20)21/h9-11,18H,4-8H2,1-3H3,(H,20,21)/t10-,11+,15?/m1/s1. The van der Waals surface area contributed by atoms with Crippen molar-refractivity contribution in [3.05, 3.63) is 0 Å². The van der Waals surface area contributed by atoms with E-state index in [0.29, 0.717) is 19.5 Å². The van der Waals surface area contributed by atoms with Gasteiger partial charge in [0.05, 0.1) is 11.5 Å². The van der Waals surface area contributed by atoms with Crippen LogP contribution in [0.15, 0.2) is 0 Å². The van der Waals surface area contributed by atoms with Crippen LogP contribution in [0, 0.1) is 11.3 Å². The van der Waals surface area contributed by atoms with Crippen LogP contribution in [0.1, 0.15) is 33.6 Å². The van der Waals surface area contributed by atoms with Gasteiger partial charge in [-0.05, 0) is 19.8 Å². The average molecular weight is 312 g/mol. The van der Waals surface area contributed by atoms with Crippen molar-refractivity contribution in [2.45, 2.75) is 45.8 Å². The lowest BCUT2D eigenvalue weighted by molar-refractivity contribution is -0.183. The maximum Gasteiger partial charge on any atom is 0.329 e. The molecule has 2 N–H and O–H groups in total. The van der Waals surface area contributed by atoms with Crippen molar-refractivity contribution >= 4 is 17.8 Å². The highest BCUT2D eigenvalue weighted by Gasteiger charge is 2.57. The highest BCUT2D eigenvalue weighted by molar-refractivity contribution is 5.94. The third-order valence-electron chi connectivity index (χ3n) is 4.62. The van der Waals surface area contributed by atoms with Gasteiger partial charge in [0.25, 0.3) is 0 Å². The first-order valence-corrected chi connectivity index (χ1v) is 7.70. The van der Waals surface area contributed by atoms with E-state index in [0.717, 1.165) is 6.42 Å². The Morgan fingerprint density at radius 3 is 2.32 bits per heavy atom. The fourth-order valence-corrected chi connectivity index (χ4v) is 3.49. The van der Waals surface area contributed by atoms with E-state index >= 15 is 0 Å². The van der Waals surface area contributed by atoms with Crippen LogP contribution in [0.3, 0.4) is 0 Å². The molecule has 2 rings (SSSR count). The average Bonchev–Trinajstić information content (AvgIpc) is 2.45. The fraction of sp³-hybridized carbons (Fsp3) is 0.800. The molecule has 2 aliphatic heterocycles. The predicted molar refractivity (Wildman–Crippen MR) is 77.9 cm³/mol. The van der Waals surface area contributed by atoms with Gasteiger partial charge >= 0.3 is 5.97 Å². The summed E-state index contributed by atoms with van der Waals surface area (Å²) in [5, 5.41) is 18.8. The molecule has 1 spiro atoms. The van der Waals surface area contributed by atoms with Gasteiger partial charge in [0, 0.05) is 25.6 Å². The summed E-state index contributed by atoms with van der Waals surface area (Å²) in [6.45, 7) is 6.30. The van der Waals surface area contributed by atoms with Gasteiger partial charge in [0.1, 0.15) is 0 Å². The zero-order chi connectivity index (χ0) is 16.7. The molecule has 7 nitrogen and oxygen atoms in total. The SMILES string of the molecule is CC(C)C(=O)N1CCCC2(C1)CN([C@H](C(=O)O)[C@@H](C)O)C2=O. The first kappa shape index (κ1) is 16.7. The summed E-state index contributed by atoms with van der Waals surface area (Å²) in [6.07, 6.45) is 0.275. The van der Waals surface area contributed by atoms with Crippen LogP contribution in [0.5, 0.6) is 0 Å². The van der Waals surface area contributed by atoms with E-state index in [1.54, 1.807) is 4.90 Å². The molecule has 0 aromatic heterocycles. The second-order valence-corrected chi connectivity index (χ2v) is 6.76. The molecule has 22 heavy (non-hydrogen) atoms. The van der Waals surface area contributed by atoms with Gasteiger partial charge in [-0.2, -0.15) is 0 Å². The Balaban J connectivity index is 2.10. The summed E-state index contributed by atoms with van der Waals surface area (Å²) < 4.78 is 0. The molecule has 2 aliphatic rings. The van der Waals surface area contributed by atoms with Crippen LogP contribution in [0.2, 0.25) is 0 Å². The number of aliphatic hydroxyl groups is 1. The number of hydrogen-bond acceptors (Lipinski definition) is 4. The maximum atomic E-state index is 12.5. The summed E-state index contributed by atoms with van der Waals surface area (Å²) >= 11 is 0. The number of carbonyl (C=O) groups excluding carboxylic acids is 2. The smallest absolute Gasteiger partial charge is 0.329 e. The zero-order valence-corrected chi connectivity index (χ0v) is 13.3. The van der Waals surface area contributed by atoms with E-state index in [2.05, 4.69) is 0 Å². The molecule has 2 fully saturated rings. The number of carboxylic acids is 1. The molecule has 0 aliphatic carbocycles. The van der Waals surface area contributed by atoms with Gasteiger partial charge in [-0.3, -0.25) is 9.59 Å². The number of hydrogen-bond donors (Lipinski definition) is 2. The summed E-state index contributed by atoms with van der Waals surface area (Å²) in [5.41, 5.74) is -0.661. The second kappa shape index (κ2) is 5.87. The highest BCUT2D eigenvalue weighted by atomic mass is 16.4. The first-order valence-electron chi connectivity index (χ1n) is 7.70. The lowest BCUT2D eigenvalue weighted by Crippen LogP contribution is -2.72. The van der Waals surface area contributed by atoms with E-state index in [-0.39, 0.29) is 24.3 Å². The number of nitrogens with zero attached hydrogens (tertiary/aromatic N) is 2. The van der Waals surface area contributed by atoms with Crippen molar-refractivity contribution in [3.63, 3.8) is 0 Å². The molecular weight excluding hydrogens is 288 g/mol. The van der Waals surface area contributed by atoms with Crippen LogP contribution in [0.4, 0.5) is 0 Å². The number of aliphatic carboxylic acids is 1. The zero-order valence-electron chi connectivity index (χ0n) is 13.3.